The smallest absolute Gasteiger partial charge is 0.330 e. The summed E-state index contributed by atoms with van der Waals surface area (Å²) in [7, 11) is 0. The molecule has 0 aromatic heterocycles. The maximum absolute atomic E-state index is 10.4. The highest BCUT2D eigenvalue weighted by Gasteiger charge is 2.02. The molecule has 5 heteroatoms. The van der Waals surface area contributed by atoms with Crippen LogP contribution in [0.4, 0.5) is 0 Å². The van der Waals surface area contributed by atoms with Gasteiger partial charge in [0.15, 0.2) is 0 Å². The molecular formula is C13H22O5. The van der Waals surface area contributed by atoms with Gasteiger partial charge in [0, 0.05) is 12.2 Å². The highest BCUT2D eigenvalue weighted by atomic mass is 16.5. The Morgan fingerprint density at radius 1 is 1.06 bits per heavy atom. The number of rotatable bonds is 12. The third-order valence-corrected chi connectivity index (χ3v) is 2.02. The van der Waals surface area contributed by atoms with Gasteiger partial charge < -0.3 is 19.3 Å². The molecule has 0 aliphatic rings. The van der Waals surface area contributed by atoms with E-state index in [1.807, 2.05) is 0 Å². The van der Waals surface area contributed by atoms with Crippen molar-refractivity contribution in [2.24, 2.45) is 0 Å². The quantitative estimate of drug-likeness (QED) is 0.329. The molecule has 0 saturated heterocycles. The second kappa shape index (κ2) is 10.8. The molecule has 18 heavy (non-hydrogen) atoms. The molecule has 1 N–H and O–H groups in total. The summed E-state index contributed by atoms with van der Waals surface area (Å²) in [5.41, 5.74) is 0.215. The van der Waals surface area contributed by atoms with Crippen molar-refractivity contribution >= 4 is 5.97 Å². The fraction of sp³-hybridized carbons (Fsp3) is 0.615. The molecule has 104 valence electrons. The fourth-order valence-electron chi connectivity index (χ4n) is 1.09. The van der Waals surface area contributed by atoms with Crippen LogP contribution in [0.5, 0.6) is 0 Å². The van der Waals surface area contributed by atoms with Gasteiger partial charge in [-0.1, -0.05) is 13.2 Å². The van der Waals surface area contributed by atoms with E-state index in [1.54, 1.807) is 6.92 Å². The monoisotopic (exact) mass is 258 g/mol. The lowest BCUT2D eigenvalue weighted by Crippen LogP contribution is -2.09. The summed E-state index contributed by atoms with van der Waals surface area (Å²) in [6.45, 7) is 11.3. The predicted octanol–water partition coefficient (Wildman–Crippen LogP) is 1.99. The molecule has 0 saturated carbocycles. The standard InChI is InChI=1S/C13H22O5/c1-11(2)18-10-9-17-8-7-16-6-4-5-12(3)13(14)15/h1,3-10H2,2H3,(H,14,15). The Morgan fingerprint density at radius 3 is 2.17 bits per heavy atom. The topological polar surface area (TPSA) is 65.0 Å². The lowest BCUT2D eigenvalue weighted by atomic mass is 10.2. The van der Waals surface area contributed by atoms with Crippen LogP contribution in [0.15, 0.2) is 24.5 Å². The third kappa shape index (κ3) is 11.2. The SMILES string of the molecule is C=C(C)OCCOCCOCCCC(=C)C(=O)O. The van der Waals surface area contributed by atoms with Crippen LogP contribution in [0.1, 0.15) is 19.8 Å². The van der Waals surface area contributed by atoms with Crippen molar-refractivity contribution in [3.05, 3.63) is 24.5 Å². The Hall–Kier alpha value is -1.33. The molecule has 0 radical (unpaired) electrons. The van der Waals surface area contributed by atoms with Crippen LogP contribution in [0.25, 0.3) is 0 Å². The Morgan fingerprint density at radius 2 is 1.61 bits per heavy atom. The number of ether oxygens (including phenoxy) is 3. The molecule has 0 fully saturated rings. The molecule has 5 nitrogen and oxygen atoms in total. The number of allylic oxidation sites excluding steroid dienone is 1. The zero-order chi connectivity index (χ0) is 13.8. The summed E-state index contributed by atoms with van der Waals surface area (Å²) < 4.78 is 15.6. The van der Waals surface area contributed by atoms with E-state index in [4.69, 9.17) is 19.3 Å². The first-order valence-corrected chi connectivity index (χ1v) is 5.89. The summed E-state index contributed by atoms with van der Waals surface area (Å²) in [4.78, 5) is 10.4. The van der Waals surface area contributed by atoms with E-state index < -0.39 is 5.97 Å². The number of aliphatic carboxylic acids is 1. The van der Waals surface area contributed by atoms with E-state index in [0.29, 0.717) is 51.6 Å². The average molecular weight is 258 g/mol. The third-order valence-electron chi connectivity index (χ3n) is 2.02. The molecule has 0 rings (SSSR count). The summed E-state index contributed by atoms with van der Waals surface area (Å²) in [6, 6.07) is 0. The van der Waals surface area contributed by atoms with Crippen molar-refractivity contribution in [2.45, 2.75) is 19.8 Å². The maximum atomic E-state index is 10.4. The molecular weight excluding hydrogens is 236 g/mol. The van der Waals surface area contributed by atoms with Gasteiger partial charge in [-0.25, -0.2) is 4.79 Å². The van der Waals surface area contributed by atoms with Crippen molar-refractivity contribution in [2.75, 3.05) is 33.0 Å². The van der Waals surface area contributed by atoms with Gasteiger partial charge in [0.1, 0.15) is 6.61 Å². The summed E-state index contributed by atoms with van der Waals surface area (Å²) in [6.07, 6.45) is 1.10. The zero-order valence-electron chi connectivity index (χ0n) is 10.9. The first-order chi connectivity index (χ1) is 8.54. The molecule has 0 aliphatic heterocycles. The van der Waals surface area contributed by atoms with Crippen LogP contribution in [0.3, 0.4) is 0 Å². The molecule has 0 aliphatic carbocycles. The second-order valence-corrected chi connectivity index (χ2v) is 3.79. The molecule has 0 heterocycles. The van der Waals surface area contributed by atoms with Crippen LogP contribution < -0.4 is 0 Å². The largest absolute Gasteiger partial charge is 0.496 e. The van der Waals surface area contributed by atoms with E-state index in [-0.39, 0.29) is 5.57 Å². The Labute approximate surface area is 108 Å². The Balaban J connectivity index is 3.14. The molecule has 0 aromatic carbocycles. The van der Waals surface area contributed by atoms with Gasteiger partial charge in [-0.05, 0) is 19.8 Å². The molecule has 0 bridgehead atoms. The first-order valence-electron chi connectivity index (χ1n) is 5.89. The number of hydrogen-bond acceptors (Lipinski definition) is 4. The van der Waals surface area contributed by atoms with Crippen molar-refractivity contribution < 1.29 is 24.1 Å². The number of hydrogen-bond donors (Lipinski definition) is 1. The normalized spacial score (nSPS) is 10.1. The van der Waals surface area contributed by atoms with Crippen LogP contribution in [0.2, 0.25) is 0 Å². The lowest BCUT2D eigenvalue weighted by Gasteiger charge is -2.07. The summed E-state index contributed by atoms with van der Waals surface area (Å²) >= 11 is 0. The minimum atomic E-state index is -0.948. The minimum Gasteiger partial charge on any atom is -0.496 e. The number of carboxylic acid groups (broad SMARTS) is 1. The summed E-state index contributed by atoms with van der Waals surface area (Å²) in [5, 5.41) is 8.57. The predicted molar refractivity (Wildman–Crippen MR) is 68.4 cm³/mol. The van der Waals surface area contributed by atoms with Gasteiger partial charge in [0.05, 0.1) is 25.6 Å². The van der Waals surface area contributed by atoms with Crippen LogP contribution in [-0.4, -0.2) is 44.1 Å². The van der Waals surface area contributed by atoms with E-state index in [9.17, 15) is 4.79 Å². The van der Waals surface area contributed by atoms with Gasteiger partial charge in [0.2, 0.25) is 0 Å². The van der Waals surface area contributed by atoms with Crippen molar-refractivity contribution in [3.63, 3.8) is 0 Å². The molecule has 0 amide bonds. The van der Waals surface area contributed by atoms with Gasteiger partial charge in [-0.3, -0.25) is 0 Å². The number of carboxylic acids is 1. The second-order valence-electron chi connectivity index (χ2n) is 3.79. The van der Waals surface area contributed by atoms with Crippen LogP contribution in [-0.2, 0) is 19.0 Å². The zero-order valence-corrected chi connectivity index (χ0v) is 10.9. The van der Waals surface area contributed by atoms with Gasteiger partial charge in [-0.2, -0.15) is 0 Å². The van der Waals surface area contributed by atoms with Crippen molar-refractivity contribution in [1.29, 1.82) is 0 Å². The lowest BCUT2D eigenvalue weighted by molar-refractivity contribution is -0.132. The minimum absolute atomic E-state index is 0.215. The van der Waals surface area contributed by atoms with Crippen molar-refractivity contribution in [1.82, 2.24) is 0 Å². The first kappa shape index (κ1) is 16.7. The highest BCUT2D eigenvalue weighted by molar-refractivity contribution is 5.85. The molecule has 0 spiro atoms. The molecule has 0 unspecified atom stereocenters. The maximum Gasteiger partial charge on any atom is 0.330 e. The number of carbonyl (C=O) groups is 1. The molecule has 0 atom stereocenters. The molecule has 0 aromatic rings. The fourth-order valence-corrected chi connectivity index (χ4v) is 1.09. The van der Waals surface area contributed by atoms with Crippen LogP contribution in [0, 0.1) is 0 Å². The average Bonchev–Trinajstić information content (AvgIpc) is 2.30. The van der Waals surface area contributed by atoms with Gasteiger partial charge in [0.25, 0.3) is 0 Å². The van der Waals surface area contributed by atoms with E-state index >= 15 is 0 Å². The van der Waals surface area contributed by atoms with Gasteiger partial charge >= 0.3 is 5.97 Å². The summed E-state index contributed by atoms with van der Waals surface area (Å²) in [5.74, 6) is -0.274. The highest BCUT2D eigenvalue weighted by Crippen LogP contribution is 2.02. The van der Waals surface area contributed by atoms with E-state index in [2.05, 4.69) is 13.2 Å². The Bertz CT molecular complexity index is 273. The van der Waals surface area contributed by atoms with E-state index in [1.165, 1.54) is 0 Å². The van der Waals surface area contributed by atoms with Crippen LogP contribution >= 0.6 is 0 Å². The van der Waals surface area contributed by atoms with Crippen molar-refractivity contribution in [3.8, 4) is 0 Å². The Kier molecular flexibility index (Phi) is 10.0. The van der Waals surface area contributed by atoms with E-state index in [0.717, 1.165) is 0 Å². The van der Waals surface area contributed by atoms with Gasteiger partial charge in [-0.15, -0.1) is 0 Å².